The Morgan fingerprint density at radius 2 is 1.54 bits per heavy atom. The summed E-state index contributed by atoms with van der Waals surface area (Å²) in [7, 11) is 0. The van der Waals surface area contributed by atoms with Gasteiger partial charge in [0, 0.05) is 12.3 Å². The molecule has 0 radical (unpaired) electrons. The number of amides is 2. The van der Waals surface area contributed by atoms with Crippen molar-refractivity contribution in [1.29, 1.82) is 0 Å². The van der Waals surface area contributed by atoms with Crippen molar-refractivity contribution in [3.05, 3.63) is 59.7 Å². The maximum Gasteiger partial charge on any atom is 0.407 e. The average molecular weight is 487 g/mol. The fourth-order valence-corrected chi connectivity index (χ4v) is 5.08. The molecule has 4 rings (SSSR count). The summed E-state index contributed by atoms with van der Waals surface area (Å²) >= 11 is 0. The zero-order chi connectivity index (χ0) is 25.1. The van der Waals surface area contributed by atoms with E-state index in [0.717, 1.165) is 41.5 Å². The number of fused-ring (bicyclic) bond motifs is 3. The van der Waals surface area contributed by atoms with E-state index in [0.29, 0.717) is 12.8 Å². The summed E-state index contributed by atoms with van der Waals surface area (Å²) in [6.45, 7) is -1.19. The van der Waals surface area contributed by atoms with Crippen molar-refractivity contribution in [2.75, 3.05) is 13.2 Å². The molecule has 35 heavy (non-hydrogen) atoms. The molecule has 186 valence electrons. The Hall–Kier alpha value is -3.49. The molecule has 0 atom stereocenters. The van der Waals surface area contributed by atoms with E-state index in [1.807, 2.05) is 53.8 Å². The van der Waals surface area contributed by atoms with Gasteiger partial charge >= 0.3 is 18.0 Å². The van der Waals surface area contributed by atoms with Gasteiger partial charge in [-0.25, -0.2) is 9.59 Å². The van der Waals surface area contributed by atoms with Gasteiger partial charge in [0.15, 0.2) is 0 Å². The van der Waals surface area contributed by atoms with Crippen LogP contribution < -0.4 is 10.6 Å². The first-order chi connectivity index (χ1) is 16.7. The Kier molecular flexibility index (Phi) is 7.05. The lowest BCUT2D eigenvalue weighted by atomic mass is 9.79. The number of carboxylic acid groups (broad SMARTS) is 1. The molecule has 0 heterocycles. The van der Waals surface area contributed by atoms with Crippen LogP contribution in [0.4, 0.5) is 13.6 Å². The van der Waals surface area contributed by atoms with Crippen molar-refractivity contribution in [3.63, 3.8) is 0 Å². The van der Waals surface area contributed by atoms with E-state index in [-0.39, 0.29) is 18.9 Å². The first-order valence-electron chi connectivity index (χ1n) is 11.7. The number of alkyl carbamates (subject to hydrolysis) is 1. The van der Waals surface area contributed by atoms with E-state index >= 15 is 0 Å². The van der Waals surface area contributed by atoms with Gasteiger partial charge in [0.1, 0.15) is 6.61 Å². The number of rotatable bonds is 8. The molecular formula is C26H28F2N2O5. The molecule has 0 aliphatic heterocycles. The minimum Gasteiger partial charge on any atom is -0.477 e. The summed E-state index contributed by atoms with van der Waals surface area (Å²) in [4.78, 5) is 35.8. The molecule has 0 saturated heterocycles. The standard InChI is InChI=1S/C26H28F2N2O5/c27-26(28,23(32)33)16-29-22(31)14-25(12-6-1-7-13-25)30-24(34)35-15-21-19-10-4-2-8-17(19)18-9-3-5-11-20(18)21/h2-5,8-11,21H,1,6-7,12-16H2,(H,29,31)(H,30,34)(H,32,33). The number of aliphatic carboxylic acids is 1. The van der Waals surface area contributed by atoms with E-state index in [4.69, 9.17) is 9.84 Å². The molecular weight excluding hydrogens is 458 g/mol. The number of ether oxygens (including phenoxy) is 1. The van der Waals surface area contributed by atoms with E-state index < -0.39 is 36.0 Å². The van der Waals surface area contributed by atoms with Crippen LogP contribution in [0, 0.1) is 0 Å². The van der Waals surface area contributed by atoms with Crippen molar-refractivity contribution in [3.8, 4) is 11.1 Å². The van der Waals surface area contributed by atoms with Crippen LogP contribution in [0.25, 0.3) is 11.1 Å². The lowest BCUT2D eigenvalue weighted by molar-refractivity contribution is -0.164. The lowest BCUT2D eigenvalue weighted by Gasteiger charge is -2.37. The molecule has 7 nitrogen and oxygen atoms in total. The number of carboxylic acids is 1. The maximum atomic E-state index is 13.3. The zero-order valence-electron chi connectivity index (χ0n) is 19.2. The molecule has 2 aliphatic rings. The van der Waals surface area contributed by atoms with Crippen LogP contribution in [0.2, 0.25) is 0 Å². The minimum atomic E-state index is -4.06. The van der Waals surface area contributed by atoms with Gasteiger partial charge in [0.2, 0.25) is 5.91 Å². The highest BCUT2D eigenvalue weighted by Gasteiger charge is 2.41. The molecule has 0 aromatic heterocycles. The summed E-state index contributed by atoms with van der Waals surface area (Å²) in [5.74, 6) is -7.22. The third-order valence-corrected chi connectivity index (χ3v) is 6.84. The molecule has 1 fully saturated rings. The van der Waals surface area contributed by atoms with Gasteiger partial charge in [-0.1, -0.05) is 67.8 Å². The smallest absolute Gasteiger partial charge is 0.407 e. The van der Waals surface area contributed by atoms with Gasteiger partial charge < -0.3 is 20.5 Å². The van der Waals surface area contributed by atoms with Gasteiger partial charge in [0.05, 0.1) is 12.1 Å². The van der Waals surface area contributed by atoms with Gasteiger partial charge in [-0.15, -0.1) is 0 Å². The Balaban J connectivity index is 1.40. The number of hydrogen-bond acceptors (Lipinski definition) is 4. The fourth-order valence-electron chi connectivity index (χ4n) is 5.08. The predicted molar refractivity (Wildman–Crippen MR) is 124 cm³/mol. The predicted octanol–water partition coefficient (Wildman–Crippen LogP) is 4.45. The Morgan fingerprint density at radius 3 is 2.11 bits per heavy atom. The number of halogens is 2. The highest BCUT2D eigenvalue weighted by molar-refractivity contribution is 5.81. The molecule has 3 N–H and O–H groups in total. The highest BCUT2D eigenvalue weighted by atomic mass is 19.3. The quantitative estimate of drug-likeness (QED) is 0.511. The van der Waals surface area contributed by atoms with Crippen LogP contribution in [-0.2, 0) is 14.3 Å². The van der Waals surface area contributed by atoms with E-state index in [2.05, 4.69) is 5.32 Å². The van der Waals surface area contributed by atoms with E-state index in [1.54, 1.807) is 0 Å². The number of hydrogen-bond donors (Lipinski definition) is 3. The molecule has 2 aromatic carbocycles. The van der Waals surface area contributed by atoms with Crippen molar-refractivity contribution in [2.45, 2.75) is 55.9 Å². The normalized spacial score (nSPS) is 16.6. The summed E-state index contributed by atoms with van der Waals surface area (Å²) < 4.78 is 32.3. The van der Waals surface area contributed by atoms with Gasteiger partial charge in [0.25, 0.3) is 0 Å². The van der Waals surface area contributed by atoms with Crippen LogP contribution in [0.3, 0.4) is 0 Å². The first-order valence-corrected chi connectivity index (χ1v) is 11.7. The van der Waals surface area contributed by atoms with Crippen LogP contribution in [-0.4, -0.2) is 47.7 Å². The number of nitrogens with one attached hydrogen (secondary N) is 2. The number of alkyl halides is 2. The largest absolute Gasteiger partial charge is 0.477 e. The highest BCUT2D eigenvalue weighted by Crippen LogP contribution is 2.44. The molecule has 2 aliphatic carbocycles. The van der Waals surface area contributed by atoms with E-state index in [9.17, 15) is 23.2 Å². The maximum absolute atomic E-state index is 13.3. The van der Waals surface area contributed by atoms with Crippen LogP contribution in [0.1, 0.15) is 55.6 Å². The summed E-state index contributed by atoms with van der Waals surface area (Å²) in [5, 5.41) is 13.4. The second-order valence-corrected chi connectivity index (χ2v) is 9.25. The molecule has 0 unspecified atom stereocenters. The van der Waals surface area contributed by atoms with Gasteiger partial charge in [-0.05, 0) is 35.1 Å². The Labute approximate surface area is 201 Å². The summed E-state index contributed by atoms with van der Waals surface area (Å²) in [5.41, 5.74) is 3.44. The van der Waals surface area contributed by atoms with Crippen LogP contribution in [0.5, 0.6) is 0 Å². The monoisotopic (exact) mass is 486 g/mol. The molecule has 9 heteroatoms. The third-order valence-electron chi connectivity index (χ3n) is 6.84. The van der Waals surface area contributed by atoms with Crippen molar-refractivity contribution in [2.24, 2.45) is 0 Å². The molecule has 1 saturated carbocycles. The first kappa shape index (κ1) is 24.6. The number of benzene rings is 2. The SMILES string of the molecule is O=C(CC1(NC(=O)OCC2c3ccccc3-c3ccccc32)CCCCC1)NCC(F)(F)C(=O)O. The second-order valence-electron chi connectivity index (χ2n) is 9.25. The third kappa shape index (κ3) is 5.44. The molecule has 0 bridgehead atoms. The molecule has 0 spiro atoms. The van der Waals surface area contributed by atoms with Crippen molar-refractivity contribution in [1.82, 2.24) is 10.6 Å². The van der Waals surface area contributed by atoms with Crippen molar-refractivity contribution < 1.29 is 33.0 Å². The van der Waals surface area contributed by atoms with Gasteiger partial charge in [-0.2, -0.15) is 8.78 Å². The zero-order valence-corrected chi connectivity index (χ0v) is 19.2. The van der Waals surface area contributed by atoms with E-state index in [1.165, 1.54) is 0 Å². The summed E-state index contributed by atoms with van der Waals surface area (Å²) in [6, 6.07) is 15.9. The summed E-state index contributed by atoms with van der Waals surface area (Å²) in [6.07, 6.45) is 2.57. The lowest BCUT2D eigenvalue weighted by Crippen LogP contribution is -2.53. The molecule has 2 aromatic rings. The number of carbonyl (C=O) groups excluding carboxylic acids is 2. The van der Waals surface area contributed by atoms with Crippen LogP contribution in [0.15, 0.2) is 48.5 Å². The minimum absolute atomic E-state index is 0.114. The topological polar surface area (TPSA) is 105 Å². The molecule has 2 amide bonds. The fraction of sp³-hybridized carbons (Fsp3) is 0.423. The van der Waals surface area contributed by atoms with Gasteiger partial charge in [-0.3, -0.25) is 4.79 Å². The van der Waals surface area contributed by atoms with Crippen LogP contribution >= 0.6 is 0 Å². The Morgan fingerprint density at radius 1 is 0.971 bits per heavy atom. The Bertz CT molecular complexity index is 1070. The second kappa shape index (κ2) is 10.0. The average Bonchev–Trinajstić information content (AvgIpc) is 3.15. The van der Waals surface area contributed by atoms with Crippen molar-refractivity contribution >= 4 is 18.0 Å². The number of carbonyl (C=O) groups is 3.